The first-order chi connectivity index (χ1) is 7.16. The molecular formula is C9H7FN4O. The molecule has 0 aliphatic rings. The molecular weight excluding hydrogens is 199 g/mol. The van der Waals surface area contributed by atoms with Crippen LogP contribution in [0.3, 0.4) is 0 Å². The summed E-state index contributed by atoms with van der Waals surface area (Å²) in [7, 11) is 0. The van der Waals surface area contributed by atoms with Gasteiger partial charge in [0.1, 0.15) is 0 Å². The number of aromatic nitrogens is 4. The Bertz CT molecular complexity index is 535. The molecule has 0 saturated heterocycles. The average Bonchev–Trinajstić information content (AvgIpc) is 2.20. The Hall–Kier alpha value is -2.11. The van der Waals surface area contributed by atoms with Crippen LogP contribution in [0, 0.1) is 12.7 Å². The molecule has 0 aliphatic carbocycles. The average molecular weight is 206 g/mol. The van der Waals surface area contributed by atoms with Crippen LogP contribution >= 0.6 is 0 Å². The molecule has 0 aliphatic heterocycles. The topological polar surface area (TPSA) is 60.7 Å². The van der Waals surface area contributed by atoms with Crippen molar-refractivity contribution >= 4 is 0 Å². The summed E-state index contributed by atoms with van der Waals surface area (Å²) in [5.41, 5.74) is 0.403. The maximum atomic E-state index is 12.5. The van der Waals surface area contributed by atoms with Gasteiger partial charge in [-0.3, -0.25) is 4.79 Å². The van der Waals surface area contributed by atoms with Crippen LogP contribution in [-0.4, -0.2) is 19.7 Å². The van der Waals surface area contributed by atoms with Crippen LogP contribution in [0.25, 0.3) is 5.95 Å². The second-order valence-corrected chi connectivity index (χ2v) is 2.98. The van der Waals surface area contributed by atoms with E-state index in [4.69, 9.17) is 0 Å². The van der Waals surface area contributed by atoms with Crippen LogP contribution in [0.5, 0.6) is 0 Å². The highest BCUT2D eigenvalue weighted by atomic mass is 19.1. The van der Waals surface area contributed by atoms with Crippen LogP contribution in [0.15, 0.2) is 29.5 Å². The molecule has 0 amide bonds. The lowest BCUT2D eigenvalue weighted by molar-refractivity contribution is 0.606. The molecule has 5 nitrogen and oxygen atoms in total. The van der Waals surface area contributed by atoms with E-state index < -0.39 is 5.82 Å². The molecule has 0 radical (unpaired) electrons. The molecule has 2 aromatic heterocycles. The van der Waals surface area contributed by atoms with E-state index in [9.17, 15) is 9.18 Å². The molecule has 0 N–H and O–H groups in total. The van der Waals surface area contributed by atoms with E-state index in [2.05, 4.69) is 15.1 Å². The van der Waals surface area contributed by atoms with Crippen molar-refractivity contribution in [1.82, 2.24) is 19.7 Å². The van der Waals surface area contributed by atoms with Gasteiger partial charge >= 0.3 is 0 Å². The fourth-order valence-corrected chi connectivity index (χ4v) is 1.06. The molecule has 6 heteroatoms. The first-order valence-electron chi connectivity index (χ1n) is 4.21. The van der Waals surface area contributed by atoms with E-state index in [0.29, 0.717) is 0 Å². The molecule has 0 spiro atoms. The van der Waals surface area contributed by atoms with Crippen molar-refractivity contribution in [2.45, 2.75) is 6.92 Å². The molecule has 0 aromatic carbocycles. The standard InChI is InChI=1S/C9H7FN4O/c1-6-2-8(15)14(13-3-6)9-11-4-7(10)5-12-9/h2-5H,1H3. The third kappa shape index (κ3) is 1.88. The van der Waals surface area contributed by atoms with Gasteiger partial charge in [-0.15, -0.1) is 0 Å². The zero-order chi connectivity index (χ0) is 10.8. The Labute approximate surface area is 84.2 Å². The van der Waals surface area contributed by atoms with Crippen molar-refractivity contribution in [3.63, 3.8) is 0 Å². The minimum absolute atomic E-state index is 0.0569. The monoisotopic (exact) mass is 206 g/mol. The van der Waals surface area contributed by atoms with Crippen molar-refractivity contribution in [2.24, 2.45) is 0 Å². The largest absolute Gasteiger partial charge is 0.274 e. The highest BCUT2D eigenvalue weighted by molar-refractivity contribution is 5.11. The lowest BCUT2D eigenvalue weighted by Gasteiger charge is -2.00. The molecule has 2 rings (SSSR count). The summed E-state index contributed by atoms with van der Waals surface area (Å²) >= 11 is 0. The van der Waals surface area contributed by atoms with Gasteiger partial charge in [0.25, 0.3) is 11.5 Å². The van der Waals surface area contributed by atoms with Gasteiger partial charge in [0, 0.05) is 6.07 Å². The molecule has 76 valence electrons. The third-order valence-electron chi connectivity index (χ3n) is 1.73. The summed E-state index contributed by atoms with van der Waals surface area (Å²) < 4.78 is 13.5. The van der Waals surface area contributed by atoms with Crippen molar-refractivity contribution in [3.05, 3.63) is 46.4 Å². The predicted octanol–water partition coefficient (Wildman–Crippen LogP) is 0.470. The fourth-order valence-electron chi connectivity index (χ4n) is 1.06. The lowest BCUT2D eigenvalue weighted by atomic mass is 10.4. The summed E-state index contributed by atoms with van der Waals surface area (Å²) in [6.07, 6.45) is 3.47. The van der Waals surface area contributed by atoms with Gasteiger partial charge in [-0.05, 0) is 12.5 Å². The molecule has 2 heterocycles. The van der Waals surface area contributed by atoms with Crippen LogP contribution in [0.4, 0.5) is 4.39 Å². The first-order valence-corrected chi connectivity index (χ1v) is 4.21. The van der Waals surface area contributed by atoms with Crippen LogP contribution < -0.4 is 5.56 Å². The highest BCUT2D eigenvalue weighted by Gasteiger charge is 2.03. The molecule has 15 heavy (non-hydrogen) atoms. The van der Waals surface area contributed by atoms with Gasteiger partial charge in [-0.2, -0.15) is 9.78 Å². The SMILES string of the molecule is Cc1cnn(-c2ncc(F)cn2)c(=O)c1. The smallest absolute Gasteiger partial charge is 0.267 e. The minimum atomic E-state index is -0.557. The summed E-state index contributed by atoms with van der Waals surface area (Å²) in [6, 6.07) is 1.40. The number of hydrogen-bond acceptors (Lipinski definition) is 4. The number of rotatable bonds is 1. The lowest BCUT2D eigenvalue weighted by Crippen LogP contribution is -2.22. The van der Waals surface area contributed by atoms with E-state index in [1.165, 1.54) is 12.3 Å². The molecule has 0 atom stereocenters. The summed E-state index contributed by atoms with van der Waals surface area (Å²) in [6.45, 7) is 1.75. The Morgan fingerprint density at radius 3 is 2.53 bits per heavy atom. The Balaban J connectivity index is 2.55. The predicted molar refractivity (Wildman–Crippen MR) is 50.1 cm³/mol. The fraction of sp³-hybridized carbons (Fsp3) is 0.111. The zero-order valence-corrected chi connectivity index (χ0v) is 7.88. The van der Waals surface area contributed by atoms with Crippen LogP contribution in [0.1, 0.15) is 5.56 Å². The Kier molecular flexibility index (Phi) is 2.24. The zero-order valence-electron chi connectivity index (χ0n) is 7.88. The number of halogens is 1. The maximum absolute atomic E-state index is 12.5. The van der Waals surface area contributed by atoms with Gasteiger partial charge < -0.3 is 0 Å². The van der Waals surface area contributed by atoms with Gasteiger partial charge in [0.05, 0.1) is 18.6 Å². The first kappa shape index (κ1) is 9.45. The van der Waals surface area contributed by atoms with E-state index in [1.54, 1.807) is 6.92 Å². The minimum Gasteiger partial charge on any atom is -0.267 e. The number of aryl methyl sites for hydroxylation is 1. The quantitative estimate of drug-likeness (QED) is 0.680. The summed E-state index contributed by atoms with van der Waals surface area (Å²) in [5, 5.41) is 3.83. The van der Waals surface area contributed by atoms with Crippen molar-refractivity contribution in [2.75, 3.05) is 0 Å². The second-order valence-electron chi connectivity index (χ2n) is 2.98. The highest BCUT2D eigenvalue weighted by Crippen LogP contribution is 1.96. The van der Waals surface area contributed by atoms with E-state index in [-0.39, 0.29) is 11.5 Å². The Morgan fingerprint density at radius 2 is 1.93 bits per heavy atom. The summed E-state index contributed by atoms with van der Waals surface area (Å²) in [5.74, 6) is -0.500. The van der Waals surface area contributed by atoms with Gasteiger partial charge in [-0.1, -0.05) is 0 Å². The molecule has 0 bridgehead atoms. The molecule has 2 aromatic rings. The summed E-state index contributed by atoms with van der Waals surface area (Å²) in [4.78, 5) is 18.8. The van der Waals surface area contributed by atoms with Crippen molar-refractivity contribution < 1.29 is 4.39 Å². The second kappa shape index (κ2) is 3.56. The van der Waals surface area contributed by atoms with Crippen LogP contribution in [-0.2, 0) is 0 Å². The van der Waals surface area contributed by atoms with Gasteiger partial charge in [0.15, 0.2) is 5.82 Å². The van der Waals surface area contributed by atoms with Crippen LogP contribution in [0.2, 0.25) is 0 Å². The van der Waals surface area contributed by atoms with Crippen molar-refractivity contribution in [3.8, 4) is 5.95 Å². The van der Waals surface area contributed by atoms with E-state index in [0.717, 1.165) is 22.6 Å². The molecule has 0 saturated carbocycles. The van der Waals surface area contributed by atoms with Crippen molar-refractivity contribution in [1.29, 1.82) is 0 Å². The molecule has 0 unspecified atom stereocenters. The van der Waals surface area contributed by atoms with E-state index in [1.807, 2.05) is 0 Å². The van der Waals surface area contributed by atoms with E-state index >= 15 is 0 Å². The normalized spacial score (nSPS) is 10.3. The number of nitrogens with zero attached hydrogens (tertiary/aromatic N) is 4. The van der Waals surface area contributed by atoms with Gasteiger partial charge in [0.2, 0.25) is 0 Å². The van der Waals surface area contributed by atoms with Gasteiger partial charge in [-0.25, -0.2) is 14.4 Å². The maximum Gasteiger partial charge on any atom is 0.274 e. The molecule has 0 fully saturated rings. The third-order valence-corrected chi connectivity index (χ3v) is 1.73. The Morgan fingerprint density at radius 1 is 1.27 bits per heavy atom. The number of hydrogen-bond donors (Lipinski definition) is 0.